The molecule has 1 rings (SSSR count). The number of carboxylic acid groups (broad SMARTS) is 1. The van der Waals surface area contributed by atoms with Crippen molar-refractivity contribution in [2.24, 2.45) is 10.3 Å². The van der Waals surface area contributed by atoms with Gasteiger partial charge in [-0.15, -0.1) is 0 Å². The minimum absolute atomic E-state index is 0.118. The van der Waals surface area contributed by atoms with Gasteiger partial charge < -0.3 is 9.66 Å². The zero-order chi connectivity index (χ0) is 18.5. The molecule has 0 aromatic carbocycles. The Bertz CT molecular complexity index is 586. The van der Waals surface area contributed by atoms with Gasteiger partial charge >= 0.3 is 12.1 Å². The number of alkyl halides is 3. The molecule has 2 atom stereocenters. The van der Waals surface area contributed by atoms with Gasteiger partial charge in [0.15, 0.2) is 0 Å². The van der Waals surface area contributed by atoms with Crippen LogP contribution < -0.4 is 0 Å². The van der Waals surface area contributed by atoms with Gasteiger partial charge in [0.25, 0.3) is 0 Å². The predicted octanol–water partition coefficient (Wildman–Crippen LogP) is 3.38. The third-order valence-electron chi connectivity index (χ3n) is 3.00. The van der Waals surface area contributed by atoms with E-state index >= 15 is 0 Å². The molecule has 0 amide bonds. The quantitative estimate of drug-likeness (QED) is 0.619. The van der Waals surface area contributed by atoms with Gasteiger partial charge in [-0.2, -0.15) is 13.2 Å². The molecule has 134 valence electrons. The molecule has 0 aliphatic heterocycles. The van der Waals surface area contributed by atoms with Crippen LogP contribution in [0.25, 0.3) is 0 Å². The highest BCUT2D eigenvalue weighted by molar-refractivity contribution is 7.91. The van der Waals surface area contributed by atoms with Gasteiger partial charge in [-0.3, -0.25) is 9.78 Å². The van der Waals surface area contributed by atoms with Crippen LogP contribution in [-0.2, 0) is 16.2 Å². The van der Waals surface area contributed by atoms with E-state index < -0.39 is 47.0 Å². The first kappa shape index (κ1) is 20.4. The lowest BCUT2D eigenvalue weighted by molar-refractivity contribution is -0.181. The highest BCUT2D eigenvalue weighted by atomic mass is 32.2. The van der Waals surface area contributed by atoms with E-state index in [4.69, 9.17) is 5.11 Å². The summed E-state index contributed by atoms with van der Waals surface area (Å²) in [5.74, 6) is -3.69. The van der Waals surface area contributed by atoms with Crippen LogP contribution >= 0.6 is 0 Å². The molecule has 1 unspecified atom stereocenters. The van der Waals surface area contributed by atoms with E-state index in [1.54, 1.807) is 32.9 Å². The van der Waals surface area contributed by atoms with Gasteiger partial charge in [-0.05, 0) is 32.9 Å². The van der Waals surface area contributed by atoms with E-state index in [1.807, 2.05) is 0 Å². The molecule has 0 bridgehead atoms. The number of carbonyl (C=O) groups is 1. The molecule has 0 saturated carbocycles. The number of carboxylic acids is 1. The van der Waals surface area contributed by atoms with Crippen LogP contribution in [0.4, 0.5) is 13.2 Å². The molecular formula is C15H19F3N2O3S. The Morgan fingerprint density at radius 3 is 2.38 bits per heavy atom. The third kappa shape index (κ3) is 6.48. The Morgan fingerprint density at radius 1 is 1.33 bits per heavy atom. The summed E-state index contributed by atoms with van der Waals surface area (Å²) in [6.07, 6.45) is -5.12. The van der Waals surface area contributed by atoms with Crippen molar-refractivity contribution < 1.29 is 27.6 Å². The van der Waals surface area contributed by atoms with Crippen molar-refractivity contribution >= 4 is 23.0 Å². The molecule has 0 aliphatic carbocycles. The second-order valence-electron chi connectivity index (χ2n) is 6.16. The van der Waals surface area contributed by atoms with Crippen LogP contribution in [0.1, 0.15) is 39.3 Å². The molecule has 0 aliphatic rings. The smallest absolute Gasteiger partial charge is 0.392 e. The summed E-state index contributed by atoms with van der Waals surface area (Å²) in [7, 11) is 0. The maximum Gasteiger partial charge on any atom is 0.392 e. The number of pyridine rings is 1. The standard InChI is InChI=1S/C15H19F3N2O3S/c1-14(2,3)24(23)20-12(11-6-4-5-7-19-11)8-10(9-13(21)22)15(16,17)18/h4-7,10H,8-9H2,1-3H3,(H,21,22)/t10-,24?/m1/s1. The maximum absolute atomic E-state index is 13.1. The lowest BCUT2D eigenvalue weighted by Gasteiger charge is -2.22. The minimum atomic E-state index is -4.71. The first-order chi connectivity index (χ1) is 10.9. The van der Waals surface area contributed by atoms with Crippen LogP contribution in [0.3, 0.4) is 0 Å². The maximum atomic E-state index is 13.1. The molecule has 1 heterocycles. The predicted molar refractivity (Wildman–Crippen MR) is 85.1 cm³/mol. The Labute approximate surface area is 141 Å². The lowest BCUT2D eigenvalue weighted by Crippen LogP contribution is -2.31. The number of hydrogen-bond acceptors (Lipinski definition) is 4. The minimum Gasteiger partial charge on any atom is -0.591 e. The van der Waals surface area contributed by atoms with Crippen molar-refractivity contribution in [1.29, 1.82) is 0 Å². The highest BCUT2D eigenvalue weighted by Crippen LogP contribution is 2.33. The number of hydrogen-bond donors (Lipinski definition) is 1. The van der Waals surface area contributed by atoms with E-state index in [0.717, 1.165) is 0 Å². The van der Waals surface area contributed by atoms with Crippen molar-refractivity contribution in [3.05, 3.63) is 30.1 Å². The molecule has 1 aromatic heterocycles. The van der Waals surface area contributed by atoms with Gasteiger partial charge in [0.05, 0.1) is 18.0 Å². The summed E-state index contributed by atoms with van der Waals surface area (Å²) in [5.41, 5.74) is 0.0298. The molecule has 5 nitrogen and oxygen atoms in total. The highest BCUT2D eigenvalue weighted by Gasteiger charge is 2.42. The first-order valence-corrected chi connectivity index (χ1v) is 8.21. The average Bonchev–Trinajstić information content (AvgIpc) is 2.44. The number of nitrogens with zero attached hydrogens (tertiary/aromatic N) is 2. The Morgan fingerprint density at radius 2 is 1.96 bits per heavy atom. The summed E-state index contributed by atoms with van der Waals surface area (Å²) in [4.78, 5) is 14.7. The van der Waals surface area contributed by atoms with Crippen LogP contribution in [0.5, 0.6) is 0 Å². The van der Waals surface area contributed by atoms with Crippen molar-refractivity contribution in [2.75, 3.05) is 0 Å². The molecule has 0 radical (unpaired) electrons. The molecule has 0 saturated heterocycles. The molecule has 0 fully saturated rings. The van der Waals surface area contributed by atoms with E-state index in [0.29, 0.717) is 0 Å². The summed E-state index contributed by atoms with van der Waals surface area (Å²) in [6, 6.07) is 4.60. The van der Waals surface area contributed by atoms with Crippen LogP contribution in [-0.4, -0.2) is 37.2 Å². The van der Waals surface area contributed by atoms with E-state index in [2.05, 4.69) is 9.38 Å². The zero-order valence-electron chi connectivity index (χ0n) is 13.5. The zero-order valence-corrected chi connectivity index (χ0v) is 14.3. The van der Waals surface area contributed by atoms with Gasteiger partial charge in [0, 0.05) is 12.6 Å². The molecule has 1 N–H and O–H groups in total. The molecule has 0 spiro atoms. The SMILES string of the molecule is CC(C)(C)[S+]([O-])N=C(C[C@H](CC(=O)O)C(F)(F)F)c1ccccn1. The summed E-state index contributed by atoms with van der Waals surface area (Å²) in [5, 5.41) is 8.73. The number of aromatic nitrogens is 1. The van der Waals surface area contributed by atoms with Crippen LogP contribution in [0, 0.1) is 5.92 Å². The second-order valence-corrected chi connectivity index (χ2v) is 8.06. The lowest BCUT2D eigenvalue weighted by atomic mass is 9.96. The Kier molecular flexibility index (Phi) is 6.79. The number of rotatable bonds is 6. The fraction of sp³-hybridized carbons (Fsp3) is 0.533. The second kappa shape index (κ2) is 7.98. The average molecular weight is 364 g/mol. The fourth-order valence-electron chi connectivity index (χ4n) is 1.71. The largest absolute Gasteiger partial charge is 0.591 e. The van der Waals surface area contributed by atoms with Gasteiger partial charge in [-0.25, -0.2) is 0 Å². The van der Waals surface area contributed by atoms with Crippen molar-refractivity contribution in [3.8, 4) is 0 Å². The molecule has 9 heteroatoms. The summed E-state index contributed by atoms with van der Waals surface area (Å²) >= 11 is -1.79. The van der Waals surface area contributed by atoms with E-state index in [-0.39, 0.29) is 11.4 Å². The van der Waals surface area contributed by atoms with E-state index in [9.17, 15) is 22.5 Å². The summed E-state index contributed by atoms with van der Waals surface area (Å²) in [6.45, 7) is 4.92. The van der Waals surface area contributed by atoms with Gasteiger partial charge in [-0.1, -0.05) is 10.5 Å². The monoisotopic (exact) mass is 364 g/mol. The summed E-state index contributed by atoms with van der Waals surface area (Å²) < 4.78 is 54.7. The Balaban J connectivity index is 3.22. The van der Waals surface area contributed by atoms with E-state index in [1.165, 1.54) is 12.3 Å². The van der Waals surface area contributed by atoms with Crippen LogP contribution in [0.15, 0.2) is 28.8 Å². The first-order valence-electron chi connectivity index (χ1n) is 7.10. The van der Waals surface area contributed by atoms with Crippen molar-refractivity contribution in [2.45, 2.75) is 44.5 Å². The van der Waals surface area contributed by atoms with Gasteiger partial charge in [0.1, 0.15) is 21.8 Å². The Hall–Kier alpha value is -1.61. The molecule has 1 aromatic rings. The normalized spacial score (nSPS) is 15.9. The molecule has 24 heavy (non-hydrogen) atoms. The van der Waals surface area contributed by atoms with Crippen LogP contribution in [0.2, 0.25) is 0 Å². The van der Waals surface area contributed by atoms with Crippen molar-refractivity contribution in [1.82, 2.24) is 4.98 Å². The topological polar surface area (TPSA) is 85.6 Å². The number of aliphatic carboxylic acids is 1. The number of halogens is 3. The van der Waals surface area contributed by atoms with Gasteiger partial charge in [0.2, 0.25) is 0 Å². The van der Waals surface area contributed by atoms with Crippen molar-refractivity contribution in [3.63, 3.8) is 0 Å². The molecular weight excluding hydrogens is 345 g/mol. The fourth-order valence-corrected chi connectivity index (χ4v) is 2.35. The third-order valence-corrected chi connectivity index (χ3v) is 4.44.